The number of aryl methyl sites for hydroxylation is 1. The van der Waals surface area contributed by atoms with Crippen LogP contribution in [-0.4, -0.2) is 21.9 Å². The quantitative estimate of drug-likeness (QED) is 0.904. The minimum atomic E-state index is 0.678. The number of nitrogens with one attached hydrogen (secondary N) is 1. The van der Waals surface area contributed by atoms with Crippen molar-refractivity contribution in [1.82, 2.24) is 10.3 Å². The first kappa shape index (κ1) is 12.5. The monoisotopic (exact) mass is 281 g/mol. The van der Waals surface area contributed by atoms with Gasteiger partial charge in [-0.25, -0.2) is 4.98 Å². The van der Waals surface area contributed by atoms with Crippen LogP contribution >= 0.6 is 23.1 Å². The van der Waals surface area contributed by atoms with Crippen molar-refractivity contribution in [3.8, 4) is 0 Å². The summed E-state index contributed by atoms with van der Waals surface area (Å²) in [5.74, 6) is 2.11. The van der Waals surface area contributed by atoms with Crippen molar-refractivity contribution in [1.29, 1.82) is 0 Å². The Labute approximate surface area is 116 Å². The lowest BCUT2D eigenvalue weighted by Gasteiger charge is -2.36. The van der Waals surface area contributed by atoms with Crippen molar-refractivity contribution in [2.45, 2.75) is 45.2 Å². The first-order valence-electron chi connectivity index (χ1n) is 6.66. The molecular weight excluding hydrogens is 262 g/mol. The predicted molar refractivity (Wildman–Crippen MR) is 79.3 cm³/mol. The summed E-state index contributed by atoms with van der Waals surface area (Å²) in [6.07, 6.45) is 7.43. The minimum Gasteiger partial charge on any atom is -0.362 e. The van der Waals surface area contributed by atoms with Gasteiger partial charge in [0.05, 0.1) is 6.54 Å². The summed E-state index contributed by atoms with van der Waals surface area (Å²) in [6, 6.07) is 0.678. The fourth-order valence-corrected chi connectivity index (χ4v) is 4.56. The number of hydrogen-bond acceptors (Lipinski definition) is 4. The van der Waals surface area contributed by atoms with Gasteiger partial charge in [-0.3, -0.25) is 4.99 Å². The molecule has 2 aliphatic rings. The van der Waals surface area contributed by atoms with Gasteiger partial charge in [0.25, 0.3) is 0 Å². The Balaban J connectivity index is 1.59. The Hall–Kier alpha value is -0.550. The van der Waals surface area contributed by atoms with Gasteiger partial charge in [-0.05, 0) is 25.7 Å². The fraction of sp³-hybridized carbons (Fsp3) is 0.692. The van der Waals surface area contributed by atoms with E-state index in [0.717, 1.165) is 22.6 Å². The molecule has 1 aliphatic carbocycles. The molecule has 0 radical (unpaired) electrons. The van der Waals surface area contributed by atoms with Gasteiger partial charge in [0.1, 0.15) is 5.01 Å². The number of rotatable bonds is 2. The molecule has 2 heterocycles. The predicted octanol–water partition coefficient (Wildman–Crippen LogP) is 3.20. The zero-order valence-corrected chi connectivity index (χ0v) is 12.3. The van der Waals surface area contributed by atoms with Gasteiger partial charge in [-0.15, -0.1) is 11.3 Å². The first-order chi connectivity index (χ1) is 8.81. The molecule has 1 aliphatic heterocycles. The van der Waals surface area contributed by atoms with Gasteiger partial charge in [0.15, 0.2) is 5.17 Å². The number of hydrogen-bond donors (Lipinski definition) is 1. The number of fused-ring (bicyclic) bond motifs is 1. The van der Waals surface area contributed by atoms with E-state index in [1.165, 1.54) is 36.3 Å². The van der Waals surface area contributed by atoms with E-state index in [-0.39, 0.29) is 0 Å². The molecule has 1 N–H and O–H groups in total. The average molecular weight is 281 g/mol. The number of thioether (sulfide) groups is 1. The molecule has 3 nitrogen and oxygen atoms in total. The molecule has 0 aromatic carbocycles. The number of amidine groups is 1. The minimum absolute atomic E-state index is 0.678. The van der Waals surface area contributed by atoms with Crippen molar-refractivity contribution in [3.05, 3.63) is 16.1 Å². The molecule has 1 saturated heterocycles. The van der Waals surface area contributed by atoms with Crippen LogP contribution in [0.15, 0.2) is 11.2 Å². The van der Waals surface area contributed by atoms with Gasteiger partial charge in [-0.1, -0.05) is 24.6 Å². The van der Waals surface area contributed by atoms with Crippen molar-refractivity contribution >= 4 is 28.3 Å². The molecule has 1 aromatic rings. The van der Waals surface area contributed by atoms with Crippen LogP contribution in [0.3, 0.4) is 0 Å². The van der Waals surface area contributed by atoms with Crippen LogP contribution in [0.1, 0.15) is 35.6 Å². The van der Waals surface area contributed by atoms with E-state index in [9.17, 15) is 0 Å². The van der Waals surface area contributed by atoms with Gasteiger partial charge < -0.3 is 5.32 Å². The van der Waals surface area contributed by atoms with E-state index < -0.39 is 0 Å². The number of thiazole rings is 1. The van der Waals surface area contributed by atoms with E-state index in [0.29, 0.717) is 6.04 Å². The topological polar surface area (TPSA) is 37.3 Å². The van der Waals surface area contributed by atoms with Crippen molar-refractivity contribution in [2.75, 3.05) is 5.75 Å². The maximum absolute atomic E-state index is 4.67. The second kappa shape index (κ2) is 5.61. The maximum Gasteiger partial charge on any atom is 0.157 e. The fourth-order valence-electron chi connectivity index (χ4n) is 2.69. The van der Waals surface area contributed by atoms with Gasteiger partial charge in [0, 0.05) is 22.9 Å². The van der Waals surface area contributed by atoms with Crippen LogP contribution in [0, 0.1) is 12.8 Å². The summed E-state index contributed by atoms with van der Waals surface area (Å²) < 4.78 is 0. The van der Waals surface area contributed by atoms with Crippen LogP contribution in [0.2, 0.25) is 0 Å². The third kappa shape index (κ3) is 2.88. The molecule has 2 atom stereocenters. The van der Waals surface area contributed by atoms with Gasteiger partial charge >= 0.3 is 0 Å². The number of aromatic nitrogens is 1. The van der Waals surface area contributed by atoms with Crippen LogP contribution < -0.4 is 5.32 Å². The molecule has 18 heavy (non-hydrogen) atoms. The zero-order chi connectivity index (χ0) is 12.4. The van der Waals surface area contributed by atoms with Crippen LogP contribution in [0.4, 0.5) is 0 Å². The van der Waals surface area contributed by atoms with Gasteiger partial charge in [-0.2, -0.15) is 0 Å². The third-order valence-electron chi connectivity index (χ3n) is 3.68. The molecular formula is C13H19N3S2. The van der Waals surface area contributed by atoms with E-state index in [2.05, 4.69) is 22.2 Å². The summed E-state index contributed by atoms with van der Waals surface area (Å²) >= 11 is 3.63. The normalized spacial score (nSPS) is 29.9. The highest BCUT2D eigenvalue weighted by Crippen LogP contribution is 2.31. The molecule has 5 heteroatoms. The molecule has 0 spiro atoms. The van der Waals surface area contributed by atoms with E-state index >= 15 is 0 Å². The van der Waals surface area contributed by atoms with E-state index in [1.54, 1.807) is 11.3 Å². The van der Waals surface area contributed by atoms with Gasteiger partial charge in [0.2, 0.25) is 0 Å². The van der Waals surface area contributed by atoms with Crippen molar-refractivity contribution in [3.63, 3.8) is 0 Å². The van der Waals surface area contributed by atoms with Crippen molar-refractivity contribution < 1.29 is 0 Å². The molecule has 98 valence electrons. The second-order valence-electron chi connectivity index (χ2n) is 5.09. The van der Waals surface area contributed by atoms with Crippen LogP contribution in [-0.2, 0) is 6.54 Å². The lowest BCUT2D eigenvalue weighted by molar-refractivity contribution is 0.311. The summed E-state index contributed by atoms with van der Waals surface area (Å²) in [6.45, 7) is 2.82. The Bertz CT molecular complexity index is 441. The molecule has 2 unspecified atom stereocenters. The molecule has 2 fully saturated rings. The SMILES string of the molecule is Cc1cnc(CN=C2NC3CCCCC3CS2)s1. The molecule has 1 aromatic heterocycles. The number of nitrogens with zero attached hydrogens (tertiary/aromatic N) is 2. The Morgan fingerprint density at radius 3 is 3.17 bits per heavy atom. The molecule has 1 saturated carbocycles. The van der Waals surface area contributed by atoms with E-state index in [1.807, 2.05) is 18.0 Å². The highest BCUT2D eigenvalue weighted by Gasteiger charge is 2.30. The lowest BCUT2D eigenvalue weighted by Crippen LogP contribution is -2.46. The average Bonchev–Trinajstić information content (AvgIpc) is 2.82. The number of aliphatic imine (C=N–C) groups is 1. The lowest BCUT2D eigenvalue weighted by atomic mass is 9.86. The third-order valence-corrected chi connectivity index (χ3v) is 5.69. The Kier molecular flexibility index (Phi) is 3.89. The second-order valence-corrected chi connectivity index (χ2v) is 7.42. The maximum atomic E-state index is 4.67. The van der Waals surface area contributed by atoms with Crippen molar-refractivity contribution in [2.24, 2.45) is 10.9 Å². The summed E-state index contributed by atoms with van der Waals surface area (Å²) in [5, 5.41) is 5.87. The largest absolute Gasteiger partial charge is 0.362 e. The highest BCUT2D eigenvalue weighted by molar-refractivity contribution is 8.13. The smallest absolute Gasteiger partial charge is 0.157 e. The Morgan fingerprint density at radius 2 is 2.33 bits per heavy atom. The Morgan fingerprint density at radius 1 is 1.44 bits per heavy atom. The standard InChI is InChI=1S/C13H19N3S2/c1-9-6-14-12(18-9)7-15-13-16-11-5-3-2-4-10(11)8-17-13/h6,10-11H,2-5,7-8H2,1H3,(H,15,16). The summed E-state index contributed by atoms with van der Waals surface area (Å²) in [4.78, 5) is 10.3. The van der Waals surface area contributed by atoms with Crippen LogP contribution in [0.5, 0.6) is 0 Å². The first-order valence-corrected chi connectivity index (χ1v) is 8.46. The highest BCUT2D eigenvalue weighted by atomic mass is 32.2. The summed E-state index contributed by atoms with van der Waals surface area (Å²) in [5.41, 5.74) is 0. The zero-order valence-electron chi connectivity index (χ0n) is 10.7. The van der Waals surface area contributed by atoms with Crippen LogP contribution in [0.25, 0.3) is 0 Å². The summed E-state index contributed by atoms with van der Waals surface area (Å²) in [7, 11) is 0. The molecule has 3 rings (SSSR count). The molecule has 0 amide bonds. The molecule has 0 bridgehead atoms. The van der Waals surface area contributed by atoms with E-state index in [4.69, 9.17) is 0 Å².